The number of carbonyl (C=O) groups excluding carboxylic acids is 1. The molecule has 0 saturated carbocycles. The van der Waals surface area contributed by atoms with E-state index in [-0.39, 0.29) is 11.9 Å². The van der Waals surface area contributed by atoms with Gasteiger partial charge in [-0.05, 0) is 36.5 Å². The molecule has 0 unspecified atom stereocenters. The quantitative estimate of drug-likeness (QED) is 0.507. The van der Waals surface area contributed by atoms with Gasteiger partial charge < -0.3 is 15.4 Å². The van der Waals surface area contributed by atoms with Crippen LogP contribution in [0.1, 0.15) is 49.8 Å². The topological polar surface area (TPSA) is 79.0 Å². The molecule has 2 aromatic carbocycles. The van der Waals surface area contributed by atoms with Crippen LogP contribution in [0.3, 0.4) is 0 Å². The van der Waals surface area contributed by atoms with Crippen LogP contribution in [0, 0.1) is 0 Å². The summed E-state index contributed by atoms with van der Waals surface area (Å²) < 4.78 is 5.50. The fraction of sp³-hybridized carbons (Fsp3) is 0.333. The van der Waals surface area contributed by atoms with Crippen LogP contribution in [-0.4, -0.2) is 29.4 Å². The summed E-state index contributed by atoms with van der Waals surface area (Å²) in [6, 6.07) is 17.6. The van der Waals surface area contributed by atoms with Crippen LogP contribution in [0.4, 0.5) is 16.2 Å². The third-order valence-electron chi connectivity index (χ3n) is 5.54. The van der Waals surface area contributed by atoms with E-state index in [1.165, 1.54) is 5.56 Å². The van der Waals surface area contributed by atoms with Crippen LogP contribution in [0.5, 0.6) is 0 Å². The number of nitrogens with one attached hydrogen (secondary N) is 3. The summed E-state index contributed by atoms with van der Waals surface area (Å²) in [4.78, 5) is 12.8. The van der Waals surface area contributed by atoms with Gasteiger partial charge in [0.05, 0.1) is 11.4 Å². The molecule has 156 valence electrons. The molecule has 0 atom stereocenters. The number of ether oxygens (including phenoxy) is 1. The minimum absolute atomic E-state index is 0.279. The number of benzene rings is 2. The predicted octanol–water partition coefficient (Wildman–Crippen LogP) is 5.74. The fourth-order valence-electron chi connectivity index (χ4n) is 3.80. The van der Waals surface area contributed by atoms with Crippen molar-refractivity contribution in [1.82, 2.24) is 10.2 Å². The zero-order chi connectivity index (χ0) is 20.9. The van der Waals surface area contributed by atoms with Crippen molar-refractivity contribution in [3.8, 4) is 11.3 Å². The van der Waals surface area contributed by atoms with E-state index in [1.54, 1.807) is 0 Å². The first-order chi connectivity index (χ1) is 14.6. The van der Waals surface area contributed by atoms with Crippen molar-refractivity contribution >= 4 is 17.4 Å². The van der Waals surface area contributed by atoms with Gasteiger partial charge in [-0.25, -0.2) is 4.79 Å². The summed E-state index contributed by atoms with van der Waals surface area (Å²) in [6.07, 6.45) is 1.81. The Morgan fingerprint density at radius 3 is 2.40 bits per heavy atom. The molecule has 1 aliphatic heterocycles. The van der Waals surface area contributed by atoms with Gasteiger partial charge in [0, 0.05) is 30.4 Å². The Kier molecular flexibility index (Phi) is 6.14. The summed E-state index contributed by atoms with van der Waals surface area (Å²) in [5.74, 6) is 0.735. The Morgan fingerprint density at radius 2 is 1.73 bits per heavy atom. The van der Waals surface area contributed by atoms with E-state index in [2.05, 4.69) is 34.7 Å². The van der Waals surface area contributed by atoms with E-state index in [1.807, 2.05) is 54.6 Å². The Labute approximate surface area is 177 Å². The van der Waals surface area contributed by atoms with Crippen LogP contribution >= 0.6 is 0 Å². The van der Waals surface area contributed by atoms with Gasteiger partial charge in [-0.15, -0.1) is 0 Å². The van der Waals surface area contributed by atoms with E-state index in [4.69, 9.17) is 4.74 Å². The molecule has 30 heavy (non-hydrogen) atoms. The number of carbonyl (C=O) groups is 1. The number of aromatic amines is 1. The van der Waals surface area contributed by atoms with E-state index in [0.29, 0.717) is 5.92 Å². The molecular weight excluding hydrogens is 376 g/mol. The molecule has 0 spiro atoms. The second-order valence-electron chi connectivity index (χ2n) is 7.97. The lowest BCUT2D eigenvalue weighted by Gasteiger charge is -2.22. The van der Waals surface area contributed by atoms with Gasteiger partial charge in [0.2, 0.25) is 0 Å². The third-order valence-corrected chi connectivity index (χ3v) is 5.54. The third kappa shape index (κ3) is 4.54. The minimum Gasteiger partial charge on any atom is -0.381 e. The zero-order valence-electron chi connectivity index (χ0n) is 17.4. The molecule has 1 fully saturated rings. The van der Waals surface area contributed by atoms with Crippen LogP contribution in [0.25, 0.3) is 11.3 Å². The molecule has 0 aliphatic carbocycles. The maximum absolute atomic E-state index is 12.8. The second kappa shape index (κ2) is 9.13. The summed E-state index contributed by atoms with van der Waals surface area (Å²) in [5.41, 5.74) is 5.41. The molecule has 1 aliphatic rings. The summed E-state index contributed by atoms with van der Waals surface area (Å²) in [5, 5.41) is 13.7. The Balaban J connectivity index is 1.57. The molecule has 0 bridgehead atoms. The molecule has 3 aromatic rings. The number of hydrogen-bond donors (Lipinski definition) is 3. The number of rotatable bonds is 5. The number of hydrogen-bond acceptors (Lipinski definition) is 3. The van der Waals surface area contributed by atoms with Gasteiger partial charge in [-0.1, -0.05) is 56.3 Å². The average Bonchev–Trinajstić information content (AvgIpc) is 3.18. The monoisotopic (exact) mass is 404 g/mol. The lowest BCUT2D eigenvalue weighted by molar-refractivity contribution is 0.0846. The van der Waals surface area contributed by atoms with Crippen molar-refractivity contribution in [2.24, 2.45) is 0 Å². The fourth-order valence-corrected chi connectivity index (χ4v) is 3.80. The summed E-state index contributed by atoms with van der Waals surface area (Å²) >= 11 is 0. The van der Waals surface area contributed by atoms with Crippen molar-refractivity contribution in [2.75, 3.05) is 23.8 Å². The highest BCUT2D eigenvalue weighted by atomic mass is 16.5. The molecule has 1 aromatic heterocycles. The highest BCUT2D eigenvalue weighted by Gasteiger charge is 2.25. The van der Waals surface area contributed by atoms with Crippen LogP contribution in [0.15, 0.2) is 54.6 Å². The first kappa shape index (κ1) is 20.2. The summed E-state index contributed by atoms with van der Waals surface area (Å²) in [6.45, 7) is 5.74. The first-order valence-corrected chi connectivity index (χ1v) is 10.5. The number of nitrogens with zero attached hydrogens (tertiary/aromatic N) is 1. The molecule has 2 amide bonds. The highest BCUT2D eigenvalue weighted by Crippen LogP contribution is 2.36. The normalized spacial score (nSPS) is 14.6. The molecule has 1 saturated heterocycles. The van der Waals surface area contributed by atoms with Crippen LogP contribution < -0.4 is 10.6 Å². The summed E-state index contributed by atoms with van der Waals surface area (Å²) in [7, 11) is 0. The molecule has 6 heteroatoms. The number of H-pyrrole nitrogens is 1. The smallest absolute Gasteiger partial charge is 0.323 e. The number of amides is 2. The van der Waals surface area contributed by atoms with Crippen molar-refractivity contribution < 1.29 is 9.53 Å². The van der Waals surface area contributed by atoms with Crippen molar-refractivity contribution in [2.45, 2.75) is 38.5 Å². The lowest BCUT2D eigenvalue weighted by atomic mass is 9.94. The number of urea groups is 1. The molecule has 2 heterocycles. The Bertz CT molecular complexity index is 974. The maximum atomic E-state index is 12.8. The Morgan fingerprint density at radius 1 is 1.03 bits per heavy atom. The maximum Gasteiger partial charge on any atom is 0.323 e. The van der Waals surface area contributed by atoms with Gasteiger partial charge in [0.15, 0.2) is 0 Å². The van der Waals surface area contributed by atoms with Crippen LogP contribution in [0.2, 0.25) is 0 Å². The minimum atomic E-state index is -0.279. The van der Waals surface area contributed by atoms with Gasteiger partial charge in [0.1, 0.15) is 5.69 Å². The van der Waals surface area contributed by atoms with E-state index >= 15 is 0 Å². The van der Waals surface area contributed by atoms with E-state index < -0.39 is 0 Å². The largest absolute Gasteiger partial charge is 0.381 e. The van der Waals surface area contributed by atoms with Gasteiger partial charge >= 0.3 is 6.03 Å². The van der Waals surface area contributed by atoms with Crippen molar-refractivity contribution in [3.05, 3.63) is 65.9 Å². The van der Waals surface area contributed by atoms with Gasteiger partial charge in [-0.3, -0.25) is 5.10 Å². The molecule has 6 nitrogen and oxygen atoms in total. The van der Waals surface area contributed by atoms with E-state index in [9.17, 15) is 4.79 Å². The number of anilines is 2. The number of aromatic nitrogens is 2. The second-order valence-corrected chi connectivity index (χ2v) is 7.97. The molecular formula is C24H28N4O2. The van der Waals surface area contributed by atoms with E-state index in [0.717, 1.165) is 54.4 Å². The van der Waals surface area contributed by atoms with Gasteiger partial charge in [0.25, 0.3) is 0 Å². The first-order valence-electron chi connectivity index (χ1n) is 10.5. The predicted molar refractivity (Wildman–Crippen MR) is 120 cm³/mol. The average molecular weight is 405 g/mol. The zero-order valence-corrected chi connectivity index (χ0v) is 17.4. The van der Waals surface area contributed by atoms with Crippen molar-refractivity contribution in [1.29, 1.82) is 0 Å². The van der Waals surface area contributed by atoms with Crippen molar-refractivity contribution in [3.63, 3.8) is 0 Å². The molecule has 0 radical (unpaired) electrons. The lowest BCUT2D eigenvalue weighted by Crippen LogP contribution is -2.22. The van der Waals surface area contributed by atoms with Gasteiger partial charge in [-0.2, -0.15) is 5.10 Å². The SMILES string of the molecule is CC(C)c1ccc(NC(=O)Nc2c(-c3ccccc3)n[nH]c2C2CCOCC2)cc1. The Hall–Kier alpha value is -3.12. The molecule has 3 N–H and O–H groups in total. The highest BCUT2D eigenvalue weighted by molar-refractivity contribution is 6.02. The molecule has 4 rings (SSSR count). The van der Waals surface area contributed by atoms with Crippen LogP contribution in [-0.2, 0) is 4.74 Å². The standard InChI is InChI=1S/C24H28N4O2/c1-16(2)17-8-10-20(11-9-17)25-24(29)26-23-21(18-6-4-3-5-7-18)27-28-22(23)19-12-14-30-15-13-19/h3-11,16,19H,12-15H2,1-2H3,(H,27,28)(H2,25,26,29).